The van der Waals surface area contributed by atoms with E-state index in [4.69, 9.17) is 28.9 Å². The molecule has 0 radical (unpaired) electrons. The van der Waals surface area contributed by atoms with Gasteiger partial charge in [0, 0.05) is 6.54 Å². The highest BCUT2D eigenvalue weighted by Gasteiger charge is 2.55. The van der Waals surface area contributed by atoms with Gasteiger partial charge in [-0.3, -0.25) is 4.79 Å². The highest BCUT2D eigenvalue weighted by atomic mass is 35.5. The van der Waals surface area contributed by atoms with Crippen LogP contribution in [0.4, 0.5) is 5.69 Å². The van der Waals surface area contributed by atoms with Crippen LogP contribution in [0.5, 0.6) is 0 Å². The van der Waals surface area contributed by atoms with Crippen LogP contribution in [0.3, 0.4) is 0 Å². The number of carbonyl (C=O) groups is 1. The summed E-state index contributed by atoms with van der Waals surface area (Å²) in [5, 5.41) is 7.05. The summed E-state index contributed by atoms with van der Waals surface area (Å²) in [6.45, 7) is 1.31. The van der Waals surface area contributed by atoms with Crippen LogP contribution in [0, 0.1) is 5.92 Å². The Morgan fingerprint density at radius 2 is 2.21 bits per heavy atom. The van der Waals surface area contributed by atoms with E-state index in [0.717, 1.165) is 24.9 Å². The molecule has 1 aliphatic carbocycles. The summed E-state index contributed by atoms with van der Waals surface area (Å²) in [6, 6.07) is 3.47. The number of halogens is 2. The van der Waals surface area contributed by atoms with E-state index in [1.807, 2.05) is 0 Å². The van der Waals surface area contributed by atoms with Crippen molar-refractivity contribution in [2.24, 2.45) is 5.92 Å². The van der Waals surface area contributed by atoms with E-state index in [1.54, 1.807) is 12.1 Å². The van der Waals surface area contributed by atoms with Gasteiger partial charge in [-0.1, -0.05) is 29.3 Å². The number of nitrogens with one attached hydrogen (secondary N) is 2. The van der Waals surface area contributed by atoms with Crippen molar-refractivity contribution in [3.8, 4) is 0 Å². The van der Waals surface area contributed by atoms with Gasteiger partial charge in [0.2, 0.25) is 5.91 Å². The van der Waals surface area contributed by atoms with Gasteiger partial charge in [-0.2, -0.15) is 0 Å². The molecular weight excluding hydrogens is 285 g/mol. The highest BCUT2D eigenvalue weighted by Crippen LogP contribution is 2.43. The van der Waals surface area contributed by atoms with Crippen molar-refractivity contribution in [3.63, 3.8) is 0 Å². The number of carbonyl (C=O) groups excluding carboxylic acids is 1. The van der Waals surface area contributed by atoms with Gasteiger partial charge in [-0.05, 0) is 36.9 Å². The monoisotopic (exact) mass is 299 g/mol. The van der Waals surface area contributed by atoms with Crippen molar-refractivity contribution in [2.75, 3.05) is 12.3 Å². The van der Waals surface area contributed by atoms with Gasteiger partial charge in [0.1, 0.15) is 0 Å². The Labute approximate surface area is 121 Å². The van der Waals surface area contributed by atoms with Gasteiger partial charge in [-0.15, -0.1) is 0 Å². The Hall–Kier alpha value is -0.970. The number of hydrogen-bond acceptors (Lipinski definition) is 3. The molecule has 0 unspecified atom stereocenters. The third-order valence-electron chi connectivity index (χ3n) is 4.08. The van der Waals surface area contributed by atoms with Crippen LogP contribution in [-0.4, -0.2) is 18.0 Å². The molecule has 4 N–H and O–H groups in total. The SMILES string of the molecule is Nc1c(Cl)ccc(CNC(=O)C23CC(CN2)C3)c1Cl. The predicted molar refractivity (Wildman–Crippen MR) is 76.2 cm³/mol. The molecule has 2 aliphatic heterocycles. The summed E-state index contributed by atoms with van der Waals surface area (Å²) >= 11 is 12.0. The smallest absolute Gasteiger partial charge is 0.240 e. The third-order valence-corrected chi connectivity index (χ3v) is 4.86. The second kappa shape index (κ2) is 4.54. The fourth-order valence-electron chi connectivity index (χ4n) is 2.92. The fraction of sp³-hybridized carbons (Fsp3) is 0.462. The van der Waals surface area contributed by atoms with Crippen LogP contribution in [0.25, 0.3) is 0 Å². The molecule has 6 heteroatoms. The lowest BCUT2D eigenvalue weighted by molar-refractivity contribution is -0.129. The van der Waals surface area contributed by atoms with Gasteiger partial charge in [-0.25, -0.2) is 0 Å². The molecule has 2 heterocycles. The molecule has 3 fully saturated rings. The zero-order valence-corrected chi connectivity index (χ0v) is 11.8. The molecule has 1 amide bonds. The zero-order valence-electron chi connectivity index (χ0n) is 10.3. The van der Waals surface area contributed by atoms with E-state index in [1.165, 1.54) is 0 Å². The van der Waals surface area contributed by atoms with Crippen molar-refractivity contribution >= 4 is 34.8 Å². The zero-order chi connectivity index (χ0) is 13.6. The molecule has 2 bridgehead atoms. The van der Waals surface area contributed by atoms with E-state index in [9.17, 15) is 4.79 Å². The van der Waals surface area contributed by atoms with Crippen molar-refractivity contribution in [1.82, 2.24) is 10.6 Å². The molecular formula is C13H15Cl2N3O. The lowest BCUT2D eigenvalue weighted by Gasteiger charge is -2.35. The number of fused-ring (bicyclic) bond motifs is 1. The number of benzene rings is 1. The topological polar surface area (TPSA) is 67.1 Å². The molecule has 0 atom stereocenters. The summed E-state index contributed by atoms with van der Waals surface area (Å²) in [4.78, 5) is 12.2. The normalized spacial score (nSPS) is 28.0. The van der Waals surface area contributed by atoms with Gasteiger partial charge in [0.25, 0.3) is 0 Å². The van der Waals surface area contributed by atoms with Crippen LogP contribution < -0.4 is 16.4 Å². The Morgan fingerprint density at radius 3 is 2.84 bits per heavy atom. The van der Waals surface area contributed by atoms with Crippen LogP contribution >= 0.6 is 23.2 Å². The second-order valence-electron chi connectivity index (χ2n) is 5.35. The number of nitrogen functional groups attached to an aromatic ring is 1. The minimum absolute atomic E-state index is 0.0471. The molecule has 4 nitrogen and oxygen atoms in total. The summed E-state index contributed by atoms with van der Waals surface area (Å²) in [5.74, 6) is 0.714. The Kier molecular flexibility index (Phi) is 3.12. The van der Waals surface area contributed by atoms with Gasteiger partial charge in [0.15, 0.2) is 0 Å². The third kappa shape index (κ3) is 2.08. The fourth-order valence-corrected chi connectivity index (χ4v) is 3.35. The first-order valence-corrected chi connectivity index (χ1v) is 7.03. The molecule has 19 heavy (non-hydrogen) atoms. The van der Waals surface area contributed by atoms with E-state index in [2.05, 4.69) is 10.6 Å². The maximum absolute atomic E-state index is 12.2. The predicted octanol–water partition coefficient (Wildman–Crippen LogP) is 1.94. The molecule has 102 valence electrons. The summed E-state index contributed by atoms with van der Waals surface area (Å²) in [5.41, 5.74) is 6.56. The molecule has 3 aliphatic rings. The first kappa shape index (κ1) is 13.0. The average Bonchev–Trinajstić information content (AvgIpc) is 2.95. The standard InChI is InChI=1S/C13H15Cl2N3O/c14-9-2-1-8(10(15)11(9)16)6-17-12(19)13-3-7(4-13)5-18-13/h1-2,7,18H,3-6,16H2,(H,17,19). The minimum atomic E-state index is -0.338. The summed E-state index contributed by atoms with van der Waals surface area (Å²) in [6.07, 6.45) is 1.88. The van der Waals surface area contributed by atoms with Crippen molar-refractivity contribution in [1.29, 1.82) is 0 Å². The molecule has 1 aromatic carbocycles. The van der Waals surface area contributed by atoms with E-state index in [0.29, 0.717) is 28.2 Å². The summed E-state index contributed by atoms with van der Waals surface area (Å²) in [7, 11) is 0. The average molecular weight is 300 g/mol. The lowest BCUT2D eigenvalue weighted by Crippen LogP contribution is -2.55. The lowest BCUT2D eigenvalue weighted by atomic mass is 9.73. The molecule has 0 aromatic heterocycles. The van der Waals surface area contributed by atoms with Gasteiger partial charge in [0.05, 0.1) is 21.3 Å². The van der Waals surface area contributed by atoms with Crippen molar-refractivity contribution in [3.05, 3.63) is 27.7 Å². The van der Waals surface area contributed by atoms with Crippen LogP contribution in [0.15, 0.2) is 12.1 Å². The largest absolute Gasteiger partial charge is 0.396 e. The van der Waals surface area contributed by atoms with E-state index < -0.39 is 0 Å². The maximum Gasteiger partial charge on any atom is 0.240 e. The molecule has 1 saturated carbocycles. The van der Waals surface area contributed by atoms with Gasteiger partial charge >= 0.3 is 0 Å². The molecule has 0 spiro atoms. The number of hydrogen-bond donors (Lipinski definition) is 3. The number of amides is 1. The van der Waals surface area contributed by atoms with Crippen LogP contribution in [-0.2, 0) is 11.3 Å². The Morgan fingerprint density at radius 1 is 1.47 bits per heavy atom. The minimum Gasteiger partial charge on any atom is -0.396 e. The maximum atomic E-state index is 12.2. The second-order valence-corrected chi connectivity index (χ2v) is 6.14. The number of rotatable bonds is 3. The van der Waals surface area contributed by atoms with Crippen molar-refractivity contribution in [2.45, 2.75) is 24.9 Å². The summed E-state index contributed by atoms with van der Waals surface area (Å²) < 4.78 is 0. The number of nitrogens with two attached hydrogens (primary N) is 1. The highest BCUT2D eigenvalue weighted by molar-refractivity contribution is 6.39. The first-order chi connectivity index (χ1) is 9.02. The quantitative estimate of drug-likeness (QED) is 0.747. The molecule has 2 saturated heterocycles. The van der Waals surface area contributed by atoms with Gasteiger partial charge < -0.3 is 16.4 Å². The Balaban J connectivity index is 1.67. The van der Waals surface area contributed by atoms with Crippen LogP contribution in [0.1, 0.15) is 18.4 Å². The first-order valence-electron chi connectivity index (χ1n) is 6.27. The Bertz CT molecular complexity index is 535. The molecule has 1 aromatic rings. The molecule has 4 rings (SSSR count). The van der Waals surface area contributed by atoms with Crippen LogP contribution in [0.2, 0.25) is 10.0 Å². The van der Waals surface area contributed by atoms with Crippen molar-refractivity contribution < 1.29 is 4.79 Å². The van der Waals surface area contributed by atoms with E-state index >= 15 is 0 Å². The van der Waals surface area contributed by atoms with E-state index in [-0.39, 0.29) is 11.4 Å². The number of anilines is 1.